The van der Waals surface area contributed by atoms with Crippen molar-refractivity contribution in [3.8, 4) is 0 Å². The van der Waals surface area contributed by atoms with Crippen LogP contribution in [-0.4, -0.2) is 33.7 Å². The molecule has 214 valence electrons. The molecule has 1 aliphatic heterocycles. The standard InChI is InChI=1S/C30H25BrClF3N2O4/c1-16(28(11-12-28)26(40)17(2)38)25(39)29(14-21-7-6-20(32)15-36-21)24-10-5-19(31)13-23(24)27(41)37(29)22-8-3-18(4-9-22)30(33,34)35/h3-10,13,15-17,38H,11-12,14H2,1-2H3. The van der Waals surface area contributed by atoms with Crippen LogP contribution in [0, 0.1) is 11.3 Å². The number of benzene rings is 2. The van der Waals surface area contributed by atoms with Crippen LogP contribution in [-0.2, 0) is 27.7 Å². The molecule has 41 heavy (non-hydrogen) atoms. The number of nitrogens with zero attached hydrogens (tertiary/aromatic N) is 2. The van der Waals surface area contributed by atoms with Gasteiger partial charge in [0.2, 0.25) is 0 Å². The molecule has 1 aromatic heterocycles. The first-order valence-electron chi connectivity index (χ1n) is 12.9. The first kappa shape index (κ1) is 29.4. The zero-order valence-corrected chi connectivity index (χ0v) is 24.3. The largest absolute Gasteiger partial charge is 0.416 e. The minimum atomic E-state index is -4.60. The minimum absolute atomic E-state index is 0.0801. The second-order valence-electron chi connectivity index (χ2n) is 10.7. The van der Waals surface area contributed by atoms with E-state index in [4.69, 9.17) is 11.6 Å². The van der Waals surface area contributed by atoms with Gasteiger partial charge in [-0.25, -0.2) is 0 Å². The van der Waals surface area contributed by atoms with Crippen molar-refractivity contribution in [1.29, 1.82) is 0 Å². The molecule has 3 aromatic rings. The van der Waals surface area contributed by atoms with Gasteiger partial charge in [0.1, 0.15) is 11.6 Å². The van der Waals surface area contributed by atoms with Crippen molar-refractivity contribution in [3.05, 3.63) is 92.7 Å². The van der Waals surface area contributed by atoms with Crippen LogP contribution >= 0.6 is 27.5 Å². The number of anilines is 1. The van der Waals surface area contributed by atoms with Crippen molar-refractivity contribution in [2.45, 2.75) is 50.9 Å². The van der Waals surface area contributed by atoms with E-state index in [0.717, 1.165) is 24.3 Å². The number of halogens is 5. The van der Waals surface area contributed by atoms with E-state index in [1.54, 1.807) is 37.3 Å². The van der Waals surface area contributed by atoms with Crippen molar-refractivity contribution in [2.75, 3.05) is 4.90 Å². The summed E-state index contributed by atoms with van der Waals surface area (Å²) in [6.07, 6.45) is -3.84. The summed E-state index contributed by atoms with van der Waals surface area (Å²) in [4.78, 5) is 47.7. The Balaban J connectivity index is 1.75. The molecule has 6 nitrogen and oxygen atoms in total. The lowest BCUT2D eigenvalue weighted by atomic mass is 9.71. The van der Waals surface area contributed by atoms with E-state index < -0.39 is 52.2 Å². The minimum Gasteiger partial charge on any atom is -0.386 e. The highest BCUT2D eigenvalue weighted by molar-refractivity contribution is 9.10. The molecule has 0 bridgehead atoms. The Morgan fingerprint density at radius 2 is 1.73 bits per heavy atom. The van der Waals surface area contributed by atoms with E-state index >= 15 is 0 Å². The van der Waals surface area contributed by atoms with Gasteiger partial charge in [-0.3, -0.25) is 24.3 Å². The Morgan fingerprint density at radius 1 is 1.07 bits per heavy atom. The van der Waals surface area contributed by atoms with E-state index in [1.165, 1.54) is 18.0 Å². The molecule has 1 saturated carbocycles. The fourth-order valence-electron chi connectivity index (χ4n) is 5.94. The number of carbonyl (C=O) groups is 3. The van der Waals surface area contributed by atoms with Crippen LogP contribution in [0.2, 0.25) is 5.02 Å². The molecule has 0 spiro atoms. The van der Waals surface area contributed by atoms with Crippen LogP contribution in [0.1, 0.15) is 53.9 Å². The SMILES string of the molecule is CC(O)C(=O)C1(C(C)C(=O)C2(Cc3ccc(Cl)cn3)c3ccc(Br)cc3C(=O)N2c2ccc(C(F)(F)F)cc2)CC1. The van der Waals surface area contributed by atoms with Crippen molar-refractivity contribution >= 4 is 50.7 Å². The lowest BCUT2D eigenvalue weighted by Gasteiger charge is -2.41. The number of aliphatic hydroxyl groups excluding tert-OH is 1. The highest BCUT2D eigenvalue weighted by atomic mass is 79.9. The van der Waals surface area contributed by atoms with Crippen molar-refractivity contribution in [2.24, 2.45) is 11.3 Å². The average Bonchev–Trinajstić information content (AvgIpc) is 3.70. The lowest BCUT2D eigenvalue weighted by Crippen LogP contribution is -2.55. The molecule has 2 aliphatic rings. The average molecular weight is 650 g/mol. The number of Topliss-reactive ketones (excluding diaryl/α,β-unsaturated/α-hetero) is 2. The van der Waals surface area contributed by atoms with E-state index in [-0.39, 0.29) is 17.7 Å². The molecule has 0 saturated heterocycles. The van der Waals surface area contributed by atoms with Crippen LogP contribution in [0.3, 0.4) is 0 Å². The van der Waals surface area contributed by atoms with Gasteiger partial charge in [0.15, 0.2) is 11.6 Å². The normalized spacial score (nSPS) is 20.9. The second kappa shape index (κ2) is 10.3. The molecule has 0 radical (unpaired) electrons. The number of fused-ring (bicyclic) bond motifs is 1. The number of amides is 1. The van der Waals surface area contributed by atoms with Gasteiger partial charge in [-0.1, -0.05) is 40.5 Å². The highest BCUT2D eigenvalue weighted by Crippen LogP contribution is 2.57. The quantitative estimate of drug-likeness (QED) is 0.299. The Hall–Kier alpha value is -3.08. The third-order valence-corrected chi connectivity index (χ3v) is 8.93. The van der Waals surface area contributed by atoms with E-state index in [1.807, 2.05) is 0 Å². The fourth-order valence-corrected chi connectivity index (χ4v) is 6.41. The summed E-state index contributed by atoms with van der Waals surface area (Å²) in [6, 6.07) is 12.1. The maximum absolute atomic E-state index is 14.9. The second-order valence-corrected chi connectivity index (χ2v) is 12.0. The predicted molar refractivity (Wildman–Crippen MR) is 150 cm³/mol. The van der Waals surface area contributed by atoms with Crippen LogP contribution in [0.5, 0.6) is 0 Å². The van der Waals surface area contributed by atoms with Crippen LogP contribution in [0.15, 0.2) is 65.3 Å². The van der Waals surface area contributed by atoms with Gasteiger partial charge in [0.05, 0.1) is 10.6 Å². The summed E-state index contributed by atoms with van der Waals surface area (Å²) in [5, 5.41) is 10.5. The maximum atomic E-state index is 14.9. The van der Waals surface area contributed by atoms with Crippen LogP contribution in [0.25, 0.3) is 0 Å². The van der Waals surface area contributed by atoms with E-state index in [2.05, 4.69) is 20.9 Å². The number of aliphatic hydroxyl groups is 1. The molecular weight excluding hydrogens is 625 g/mol. The highest BCUT2D eigenvalue weighted by Gasteiger charge is 2.63. The van der Waals surface area contributed by atoms with Gasteiger partial charge in [0, 0.05) is 45.4 Å². The van der Waals surface area contributed by atoms with Crippen LogP contribution < -0.4 is 4.90 Å². The van der Waals surface area contributed by atoms with Gasteiger partial charge >= 0.3 is 6.18 Å². The number of pyridine rings is 1. The van der Waals surface area contributed by atoms with Gasteiger partial charge in [0.25, 0.3) is 5.91 Å². The number of rotatable bonds is 8. The van der Waals surface area contributed by atoms with E-state index in [0.29, 0.717) is 33.6 Å². The first-order valence-corrected chi connectivity index (χ1v) is 14.1. The Labute approximate surface area is 247 Å². The molecule has 2 heterocycles. The van der Waals surface area contributed by atoms with Crippen molar-refractivity contribution in [1.82, 2.24) is 4.98 Å². The molecule has 3 atom stereocenters. The summed E-state index contributed by atoms with van der Waals surface area (Å²) in [5.41, 5.74) is -2.75. The van der Waals surface area contributed by atoms with Gasteiger partial charge in [-0.15, -0.1) is 0 Å². The molecule has 3 unspecified atom stereocenters. The van der Waals surface area contributed by atoms with Gasteiger partial charge < -0.3 is 5.11 Å². The zero-order chi connectivity index (χ0) is 29.9. The molecular formula is C30H25BrClF3N2O4. The summed E-state index contributed by atoms with van der Waals surface area (Å²) in [7, 11) is 0. The third kappa shape index (κ3) is 4.89. The van der Waals surface area contributed by atoms with Crippen molar-refractivity contribution < 1.29 is 32.7 Å². The Kier molecular flexibility index (Phi) is 7.41. The predicted octanol–water partition coefficient (Wildman–Crippen LogP) is 6.55. The molecule has 1 N–H and O–H groups in total. The number of carbonyl (C=O) groups excluding carboxylic acids is 3. The monoisotopic (exact) mass is 648 g/mol. The molecule has 1 aliphatic carbocycles. The van der Waals surface area contributed by atoms with E-state index in [9.17, 15) is 32.7 Å². The van der Waals surface area contributed by atoms with Gasteiger partial charge in [-0.2, -0.15) is 13.2 Å². The smallest absolute Gasteiger partial charge is 0.386 e. The topological polar surface area (TPSA) is 87.6 Å². The third-order valence-electron chi connectivity index (χ3n) is 8.21. The fraction of sp³-hybridized carbons (Fsp3) is 0.333. The summed E-state index contributed by atoms with van der Waals surface area (Å²) >= 11 is 9.43. The molecule has 1 fully saturated rings. The Morgan fingerprint density at radius 3 is 2.27 bits per heavy atom. The molecule has 1 amide bonds. The van der Waals surface area contributed by atoms with Gasteiger partial charge in [-0.05, 0) is 73.9 Å². The molecule has 2 aromatic carbocycles. The number of hydrogen-bond donors (Lipinski definition) is 1. The summed E-state index contributed by atoms with van der Waals surface area (Å²) in [5.74, 6) is -2.45. The lowest BCUT2D eigenvalue weighted by molar-refractivity contribution is -0.140. The van der Waals surface area contributed by atoms with Crippen LogP contribution in [0.4, 0.5) is 18.9 Å². The Bertz CT molecular complexity index is 1540. The number of ketones is 2. The first-order chi connectivity index (χ1) is 19.2. The summed E-state index contributed by atoms with van der Waals surface area (Å²) < 4.78 is 40.8. The summed E-state index contributed by atoms with van der Waals surface area (Å²) in [6.45, 7) is 2.96. The zero-order valence-electron chi connectivity index (χ0n) is 22.0. The van der Waals surface area contributed by atoms with Crippen molar-refractivity contribution in [3.63, 3.8) is 0 Å². The number of hydrogen-bond acceptors (Lipinski definition) is 5. The molecule has 11 heteroatoms. The number of alkyl halides is 3. The number of aromatic nitrogens is 1. The maximum Gasteiger partial charge on any atom is 0.416 e. The molecule has 5 rings (SSSR count).